The van der Waals surface area contributed by atoms with Gasteiger partial charge in [0.25, 0.3) is 0 Å². The van der Waals surface area contributed by atoms with E-state index >= 15 is 0 Å². The summed E-state index contributed by atoms with van der Waals surface area (Å²) in [5, 5.41) is 0. The highest BCUT2D eigenvalue weighted by Crippen LogP contribution is 2.31. The second-order valence-electron chi connectivity index (χ2n) is 4.56. The summed E-state index contributed by atoms with van der Waals surface area (Å²) in [6.07, 6.45) is 7.06. The maximum Gasteiger partial charge on any atom is 0.123 e. The Morgan fingerprint density at radius 2 is 2.38 bits per heavy atom. The van der Waals surface area contributed by atoms with E-state index in [1.807, 2.05) is 12.3 Å². The van der Waals surface area contributed by atoms with E-state index in [0.717, 1.165) is 0 Å². The van der Waals surface area contributed by atoms with Crippen molar-refractivity contribution in [1.29, 1.82) is 0 Å². The lowest BCUT2D eigenvalue weighted by molar-refractivity contribution is 0.253. The summed E-state index contributed by atoms with van der Waals surface area (Å²) in [5.41, 5.74) is 6.94. The number of nitrogens with two attached hydrogens (primary N) is 1. The van der Waals surface area contributed by atoms with Gasteiger partial charge < -0.3 is 5.73 Å². The molecule has 1 aliphatic rings. The Balaban J connectivity index is 2.04. The molecular weight excluding hydrogens is 198 g/mol. The predicted molar refractivity (Wildman–Crippen MR) is 67.1 cm³/mol. The van der Waals surface area contributed by atoms with E-state index in [1.54, 1.807) is 0 Å². The van der Waals surface area contributed by atoms with Gasteiger partial charge in [-0.2, -0.15) is 0 Å². The first-order chi connectivity index (χ1) is 7.81. The minimum absolute atomic E-state index is 0.569. The van der Waals surface area contributed by atoms with Crippen molar-refractivity contribution in [1.82, 2.24) is 9.88 Å². The zero-order chi connectivity index (χ0) is 11.4. The third-order valence-electron chi connectivity index (χ3n) is 3.36. The largest absolute Gasteiger partial charge is 0.384 e. The van der Waals surface area contributed by atoms with Crippen LogP contribution in [0.3, 0.4) is 0 Å². The van der Waals surface area contributed by atoms with E-state index in [4.69, 9.17) is 5.73 Å². The molecule has 2 rings (SSSR count). The topological polar surface area (TPSA) is 42.1 Å². The molecule has 1 atom stereocenters. The number of hydrogen-bond donors (Lipinski definition) is 1. The van der Waals surface area contributed by atoms with Gasteiger partial charge in [-0.25, -0.2) is 4.98 Å². The number of hydrogen-bond acceptors (Lipinski definition) is 3. The van der Waals surface area contributed by atoms with Crippen molar-refractivity contribution in [2.45, 2.75) is 38.6 Å². The van der Waals surface area contributed by atoms with Crippen molar-refractivity contribution in [2.75, 3.05) is 18.8 Å². The summed E-state index contributed by atoms with van der Waals surface area (Å²) in [6.45, 7) is 4.69. The molecule has 1 aromatic rings. The van der Waals surface area contributed by atoms with Crippen LogP contribution < -0.4 is 5.73 Å². The molecule has 1 fully saturated rings. The Bertz CT molecular complexity index is 320. The zero-order valence-corrected chi connectivity index (χ0v) is 10.0. The monoisotopic (exact) mass is 219 g/mol. The molecule has 1 saturated heterocycles. The van der Waals surface area contributed by atoms with Gasteiger partial charge in [-0.3, -0.25) is 4.90 Å². The number of rotatable bonds is 4. The Hall–Kier alpha value is -1.09. The highest BCUT2D eigenvalue weighted by molar-refractivity contribution is 5.30. The molecule has 0 spiro atoms. The maximum atomic E-state index is 5.62. The highest BCUT2D eigenvalue weighted by Gasteiger charge is 2.25. The molecule has 0 bridgehead atoms. The van der Waals surface area contributed by atoms with Crippen LogP contribution in [0.25, 0.3) is 0 Å². The normalized spacial score (nSPS) is 21.4. The van der Waals surface area contributed by atoms with Crippen LogP contribution in [-0.2, 0) is 0 Å². The lowest BCUT2D eigenvalue weighted by atomic mass is 10.1. The van der Waals surface area contributed by atoms with Crippen molar-refractivity contribution >= 4 is 5.82 Å². The number of nitrogens with zero attached hydrogens (tertiary/aromatic N) is 2. The van der Waals surface area contributed by atoms with Gasteiger partial charge in [-0.05, 0) is 44.0 Å². The van der Waals surface area contributed by atoms with Crippen molar-refractivity contribution in [3.63, 3.8) is 0 Å². The molecule has 2 heterocycles. The van der Waals surface area contributed by atoms with Gasteiger partial charge in [0, 0.05) is 12.2 Å². The second kappa shape index (κ2) is 5.30. The predicted octanol–water partition coefficient (Wildman–Crippen LogP) is 2.60. The van der Waals surface area contributed by atoms with Crippen LogP contribution in [0.15, 0.2) is 18.3 Å². The maximum absolute atomic E-state index is 5.62. The standard InChI is InChI=1S/C13H21N3/c1-2-3-8-16-9-4-5-12(16)11-6-7-13(14)15-10-11/h6-7,10,12H,2-5,8-9H2,1H3,(H2,14,15)/t12-/m0/s1. The van der Waals surface area contributed by atoms with E-state index < -0.39 is 0 Å². The Kier molecular flexibility index (Phi) is 3.78. The fourth-order valence-electron chi connectivity index (χ4n) is 2.45. The van der Waals surface area contributed by atoms with Gasteiger partial charge in [0.15, 0.2) is 0 Å². The number of anilines is 1. The lowest BCUT2D eigenvalue weighted by Gasteiger charge is -2.24. The summed E-state index contributed by atoms with van der Waals surface area (Å²) in [6, 6.07) is 4.60. The fraction of sp³-hybridized carbons (Fsp3) is 0.615. The van der Waals surface area contributed by atoms with E-state index in [2.05, 4.69) is 22.9 Å². The average molecular weight is 219 g/mol. The van der Waals surface area contributed by atoms with Crippen LogP contribution in [0.1, 0.15) is 44.2 Å². The molecule has 1 aliphatic heterocycles. The summed E-state index contributed by atoms with van der Waals surface area (Å²) in [7, 11) is 0. The second-order valence-corrected chi connectivity index (χ2v) is 4.56. The van der Waals surface area contributed by atoms with Crippen LogP contribution in [0.2, 0.25) is 0 Å². The first-order valence-electron chi connectivity index (χ1n) is 6.26. The van der Waals surface area contributed by atoms with Crippen LogP contribution in [0.5, 0.6) is 0 Å². The molecule has 0 aliphatic carbocycles. The first-order valence-corrected chi connectivity index (χ1v) is 6.26. The van der Waals surface area contributed by atoms with Gasteiger partial charge >= 0.3 is 0 Å². The first kappa shape index (κ1) is 11.4. The quantitative estimate of drug-likeness (QED) is 0.846. The van der Waals surface area contributed by atoms with Crippen LogP contribution in [0.4, 0.5) is 5.82 Å². The van der Waals surface area contributed by atoms with Crippen LogP contribution in [-0.4, -0.2) is 23.0 Å². The van der Waals surface area contributed by atoms with Crippen molar-refractivity contribution in [3.8, 4) is 0 Å². The summed E-state index contributed by atoms with van der Waals surface area (Å²) in [5.74, 6) is 0.613. The minimum Gasteiger partial charge on any atom is -0.384 e. The Labute approximate surface area is 97.7 Å². The van der Waals surface area contributed by atoms with Crippen molar-refractivity contribution < 1.29 is 0 Å². The number of unbranched alkanes of at least 4 members (excludes halogenated alkanes) is 1. The van der Waals surface area contributed by atoms with Gasteiger partial charge in [0.05, 0.1) is 0 Å². The lowest BCUT2D eigenvalue weighted by Crippen LogP contribution is -2.24. The van der Waals surface area contributed by atoms with Crippen LogP contribution >= 0.6 is 0 Å². The van der Waals surface area contributed by atoms with Crippen LogP contribution in [0, 0.1) is 0 Å². The molecule has 0 amide bonds. The number of aromatic nitrogens is 1. The molecule has 16 heavy (non-hydrogen) atoms. The van der Waals surface area contributed by atoms with E-state index in [0.29, 0.717) is 11.9 Å². The minimum atomic E-state index is 0.569. The number of pyridine rings is 1. The molecule has 88 valence electrons. The van der Waals surface area contributed by atoms with Gasteiger partial charge in [-0.15, -0.1) is 0 Å². The summed E-state index contributed by atoms with van der Waals surface area (Å²) < 4.78 is 0. The number of nitrogen functional groups attached to an aromatic ring is 1. The van der Waals surface area contributed by atoms with Crippen molar-refractivity contribution in [3.05, 3.63) is 23.9 Å². The van der Waals surface area contributed by atoms with Gasteiger partial charge in [-0.1, -0.05) is 19.4 Å². The fourth-order valence-corrected chi connectivity index (χ4v) is 2.45. The summed E-state index contributed by atoms with van der Waals surface area (Å²) in [4.78, 5) is 6.77. The Morgan fingerprint density at radius 3 is 3.06 bits per heavy atom. The molecule has 3 nitrogen and oxygen atoms in total. The molecule has 0 unspecified atom stereocenters. The molecular formula is C13H21N3. The Morgan fingerprint density at radius 1 is 1.50 bits per heavy atom. The molecule has 0 saturated carbocycles. The highest BCUT2D eigenvalue weighted by atomic mass is 15.2. The van der Waals surface area contributed by atoms with Crippen molar-refractivity contribution in [2.24, 2.45) is 0 Å². The SMILES string of the molecule is CCCCN1CCC[C@H]1c1ccc(N)nc1. The van der Waals surface area contributed by atoms with E-state index in [9.17, 15) is 0 Å². The number of likely N-dealkylation sites (tertiary alicyclic amines) is 1. The molecule has 3 heteroatoms. The van der Waals surface area contributed by atoms with E-state index in [-0.39, 0.29) is 0 Å². The van der Waals surface area contributed by atoms with Gasteiger partial charge in [0.2, 0.25) is 0 Å². The van der Waals surface area contributed by atoms with E-state index in [1.165, 1.54) is 44.3 Å². The summed E-state index contributed by atoms with van der Waals surface area (Å²) >= 11 is 0. The third-order valence-corrected chi connectivity index (χ3v) is 3.36. The van der Waals surface area contributed by atoms with Gasteiger partial charge in [0.1, 0.15) is 5.82 Å². The smallest absolute Gasteiger partial charge is 0.123 e. The molecule has 0 aromatic carbocycles. The third kappa shape index (κ3) is 2.53. The molecule has 2 N–H and O–H groups in total. The zero-order valence-electron chi connectivity index (χ0n) is 10.0. The average Bonchev–Trinajstić information content (AvgIpc) is 2.75. The molecule has 1 aromatic heterocycles. The molecule has 0 radical (unpaired) electrons.